The van der Waals surface area contributed by atoms with E-state index in [0.29, 0.717) is 19.3 Å². The van der Waals surface area contributed by atoms with Crippen molar-refractivity contribution < 1.29 is 28.6 Å². The van der Waals surface area contributed by atoms with Crippen LogP contribution >= 0.6 is 0 Å². The molecule has 0 N–H and O–H groups in total. The summed E-state index contributed by atoms with van der Waals surface area (Å²) in [4.78, 5) is 38.0. The summed E-state index contributed by atoms with van der Waals surface area (Å²) in [6, 6.07) is 0. The Kier molecular flexibility index (Phi) is 48.5. The number of hydrogen-bond donors (Lipinski definition) is 0. The van der Waals surface area contributed by atoms with Gasteiger partial charge in [0.15, 0.2) is 6.10 Å². The molecule has 0 aromatic carbocycles. The van der Waals surface area contributed by atoms with E-state index < -0.39 is 6.10 Å². The van der Waals surface area contributed by atoms with Gasteiger partial charge in [-0.05, 0) is 96.3 Å². The molecular weight excluding hydrogens is 793 g/mol. The Balaban J connectivity index is 4.51. The smallest absolute Gasteiger partial charge is 0.306 e. The van der Waals surface area contributed by atoms with Crippen LogP contribution in [0.2, 0.25) is 0 Å². The van der Waals surface area contributed by atoms with E-state index in [1.54, 1.807) is 0 Å². The Hall–Kier alpha value is -3.93. The predicted molar refractivity (Wildman–Crippen MR) is 274 cm³/mol. The highest BCUT2D eigenvalue weighted by molar-refractivity contribution is 5.71. The van der Waals surface area contributed by atoms with Gasteiger partial charge in [-0.25, -0.2) is 0 Å². The topological polar surface area (TPSA) is 78.9 Å². The second-order valence-corrected chi connectivity index (χ2v) is 16.8. The second-order valence-electron chi connectivity index (χ2n) is 16.8. The molecule has 0 saturated heterocycles. The number of hydrogen-bond acceptors (Lipinski definition) is 6. The monoisotopic (exact) mass is 887 g/mol. The van der Waals surface area contributed by atoms with Crippen molar-refractivity contribution in [3.8, 4) is 0 Å². The van der Waals surface area contributed by atoms with E-state index >= 15 is 0 Å². The first kappa shape index (κ1) is 60.1. The lowest BCUT2D eigenvalue weighted by molar-refractivity contribution is -0.167. The van der Waals surface area contributed by atoms with Crippen LogP contribution < -0.4 is 0 Å². The van der Waals surface area contributed by atoms with E-state index in [9.17, 15) is 14.4 Å². The van der Waals surface area contributed by atoms with Crippen LogP contribution in [0.4, 0.5) is 0 Å². The summed E-state index contributed by atoms with van der Waals surface area (Å²) < 4.78 is 16.8. The van der Waals surface area contributed by atoms with Crippen LogP contribution in [0.3, 0.4) is 0 Å². The van der Waals surface area contributed by atoms with E-state index in [-0.39, 0.29) is 31.1 Å². The van der Waals surface area contributed by atoms with Gasteiger partial charge < -0.3 is 14.2 Å². The molecule has 0 fully saturated rings. The van der Waals surface area contributed by atoms with Crippen LogP contribution in [-0.4, -0.2) is 37.2 Å². The van der Waals surface area contributed by atoms with Crippen LogP contribution in [0, 0.1) is 0 Å². The fraction of sp³-hybridized carbons (Fsp3) is 0.638. The van der Waals surface area contributed by atoms with Gasteiger partial charge in [-0.2, -0.15) is 0 Å². The van der Waals surface area contributed by atoms with Gasteiger partial charge in [0, 0.05) is 19.3 Å². The molecule has 362 valence electrons. The number of allylic oxidation sites excluding steroid dienone is 18. The van der Waals surface area contributed by atoms with Crippen molar-refractivity contribution in [2.75, 3.05) is 13.2 Å². The molecule has 64 heavy (non-hydrogen) atoms. The molecule has 0 aromatic heterocycles. The minimum Gasteiger partial charge on any atom is -0.462 e. The molecule has 0 aliphatic heterocycles. The third kappa shape index (κ3) is 49.1. The molecule has 0 aliphatic carbocycles. The second kappa shape index (κ2) is 51.7. The molecule has 6 nitrogen and oxygen atoms in total. The van der Waals surface area contributed by atoms with Gasteiger partial charge >= 0.3 is 17.9 Å². The summed E-state index contributed by atoms with van der Waals surface area (Å²) >= 11 is 0. The van der Waals surface area contributed by atoms with Gasteiger partial charge in [-0.15, -0.1) is 0 Å². The molecule has 0 rings (SSSR count). The van der Waals surface area contributed by atoms with Crippen LogP contribution in [0.15, 0.2) is 109 Å². The van der Waals surface area contributed by atoms with Crippen LogP contribution in [0.25, 0.3) is 0 Å². The predicted octanol–water partition coefficient (Wildman–Crippen LogP) is 17.1. The normalized spacial score (nSPS) is 13.0. The quantitative estimate of drug-likeness (QED) is 0.0199. The number of carbonyl (C=O) groups excluding carboxylic acids is 3. The Labute approximate surface area is 393 Å². The van der Waals surface area contributed by atoms with Crippen LogP contribution in [0.5, 0.6) is 0 Å². The molecule has 1 atom stereocenters. The maximum absolute atomic E-state index is 12.8. The largest absolute Gasteiger partial charge is 0.462 e. The molecule has 0 saturated carbocycles. The molecule has 0 radical (unpaired) electrons. The minimum absolute atomic E-state index is 0.102. The molecular formula is C58H94O6. The first-order chi connectivity index (χ1) is 31.5. The Morgan fingerprint density at radius 3 is 1.11 bits per heavy atom. The highest BCUT2D eigenvalue weighted by atomic mass is 16.6. The summed E-state index contributed by atoms with van der Waals surface area (Å²) in [5.41, 5.74) is 0. The van der Waals surface area contributed by atoms with Crippen molar-refractivity contribution >= 4 is 17.9 Å². The van der Waals surface area contributed by atoms with E-state index in [1.165, 1.54) is 83.5 Å². The van der Waals surface area contributed by atoms with Crippen molar-refractivity contribution in [1.82, 2.24) is 0 Å². The zero-order valence-electron chi connectivity index (χ0n) is 41.3. The number of esters is 3. The fourth-order valence-corrected chi connectivity index (χ4v) is 6.73. The first-order valence-electron chi connectivity index (χ1n) is 26.0. The molecule has 0 aliphatic rings. The highest BCUT2D eigenvalue weighted by Gasteiger charge is 2.19. The van der Waals surface area contributed by atoms with Crippen molar-refractivity contribution in [2.45, 2.75) is 226 Å². The lowest BCUT2D eigenvalue weighted by Gasteiger charge is -2.18. The lowest BCUT2D eigenvalue weighted by Crippen LogP contribution is -2.30. The van der Waals surface area contributed by atoms with E-state index in [4.69, 9.17) is 14.2 Å². The maximum atomic E-state index is 12.8. The molecule has 0 aromatic rings. The van der Waals surface area contributed by atoms with E-state index in [0.717, 1.165) is 96.3 Å². The van der Waals surface area contributed by atoms with Crippen molar-refractivity contribution in [1.29, 1.82) is 0 Å². The zero-order chi connectivity index (χ0) is 46.5. The molecule has 0 heterocycles. The number of ether oxygens (including phenoxy) is 3. The number of unbranched alkanes of at least 4 members (excludes halogenated alkanes) is 21. The Morgan fingerprint density at radius 2 is 0.672 bits per heavy atom. The van der Waals surface area contributed by atoms with Crippen molar-refractivity contribution in [2.24, 2.45) is 0 Å². The van der Waals surface area contributed by atoms with Crippen LogP contribution in [-0.2, 0) is 28.6 Å². The van der Waals surface area contributed by atoms with E-state index in [2.05, 4.69) is 69.4 Å². The summed E-state index contributed by atoms with van der Waals surface area (Å²) in [7, 11) is 0. The third-order valence-corrected chi connectivity index (χ3v) is 10.6. The van der Waals surface area contributed by atoms with Gasteiger partial charge in [0.1, 0.15) is 13.2 Å². The molecule has 1 unspecified atom stereocenters. The first-order valence-corrected chi connectivity index (χ1v) is 26.0. The van der Waals surface area contributed by atoms with E-state index in [1.807, 2.05) is 60.8 Å². The van der Waals surface area contributed by atoms with Crippen molar-refractivity contribution in [3.05, 3.63) is 109 Å². The fourth-order valence-electron chi connectivity index (χ4n) is 6.73. The summed E-state index contributed by atoms with van der Waals surface area (Å²) in [6.07, 6.45) is 69.2. The summed E-state index contributed by atoms with van der Waals surface area (Å²) in [6.45, 7) is 6.38. The van der Waals surface area contributed by atoms with Gasteiger partial charge in [0.25, 0.3) is 0 Å². The molecule has 6 heteroatoms. The third-order valence-electron chi connectivity index (χ3n) is 10.6. The zero-order valence-corrected chi connectivity index (χ0v) is 41.3. The van der Waals surface area contributed by atoms with Crippen LogP contribution in [0.1, 0.15) is 220 Å². The molecule has 0 amide bonds. The van der Waals surface area contributed by atoms with Gasteiger partial charge in [-0.3, -0.25) is 14.4 Å². The van der Waals surface area contributed by atoms with Crippen molar-refractivity contribution in [3.63, 3.8) is 0 Å². The molecule has 0 spiro atoms. The summed E-state index contributed by atoms with van der Waals surface area (Å²) in [5, 5.41) is 0. The summed E-state index contributed by atoms with van der Waals surface area (Å²) in [5.74, 6) is -0.969. The maximum Gasteiger partial charge on any atom is 0.306 e. The average molecular weight is 887 g/mol. The minimum atomic E-state index is -0.805. The van der Waals surface area contributed by atoms with Gasteiger partial charge in [0.05, 0.1) is 0 Å². The number of carbonyl (C=O) groups is 3. The SMILES string of the molecule is CC\C=C/C=C\C=C/C=C\C=C\C=C/CCCCCC(=O)OCC(COC(=O)CCCCCCC/C=C\CCCCC)OC(=O)CCCCCCCCC/C=C\C/C=C\CCCCC. The lowest BCUT2D eigenvalue weighted by atomic mass is 10.1. The molecule has 0 bridgehead atoms. The average Bonchev–Trinajstić information content (AvgIpc) is 3.29. The standard InChI is InChI=1S/C58H94O6/c1-4-7-10-13-16-19-22-25-27-29-31-33-36-39-42-45-48-51-57(60)63-54-55(53-62-56(59)50-47-44-41-38-35-24-21-18-15-12-9-6-3)64-58(61)52-49-46-43-40-37-34-32-30-28-26-23-20-17-14-11-8-5-2/h7,10,13,16-22,25-29,31,33,36,55H,4-6,8-9,11-12,14-15,23-24,30,32,34-35,37-54H2,1-3H3/b10-7-,16-13-,20-17-,21-18-,22-19-,27-25-,28-26-,31-29+,36-33-. The highest BCUT2D eigenvalue weighted by Crippen LogP contribution is 2.13. The Morgan fingerprint density at radius 1 is 0.344 bits per heavy atom. The Bertz CT molecular complexity index is 1340. The van der Waals surface area contributed by atoms with Gasteiger partial charge in [-0.1, -0.05) is 214 Å². The number of rotatable bonds is 45. The van der Waals surface area contributed by atoms with Gasteiger partial charge in [0.2, 0.25) is 0 Å².